The third-order valence-corrected chi connectivity index (χ3v) is 2.89. The maximum Gasteiger partial charge on any atom is 0.241 e. The molecule has 6 nitrogen and oxygen atoms in total. The average molecular weight is 273 g/mol. The summed E-state index contributed by atoms with van der Waals surface area (Å²) in [5.41, 5.74) is 5.87. The molecule has 0 bridgehead atoms. The molecule has 0 heterocycles. The van der Waals surface area contributed by atoms with Crippen LogP contribution in [0.3, 0.4) is 0 Å². The van der Waals surface area contributed by atoms with Gasteiger partial charge in [-0.15, -0.1) is 0 Å². The van der Waals surface area contributed by atoms with Gasteiger partial charge in [-0.25, -0.2) is 0 Å². The third kappa shape index (κ3) is 7.12. The molecule has 19 heavy (non-hydrogen) atoms. The van der Waals surface area contributed by atoms with Crippen LogP contribution < -0.4 is 5.73 Å². The first-order valence-electron chi connectivity index (χ1n) is 6.67. The SMILES string of the molecule is CCCCC(N)C(=O)N(CCOC)CC(=O)N(C)C. The number of nitrogens with two attached hydrogens (primary N) is 1. The standard InChI is InChI=1S/C13H27N3O3/c1-5-6-7-11(14)13(18)16(8-9-19-4)10-12(17)15(2)3/h11H,5-10,14H2,1-4H3. The molecular weight excluding hydrogens is 246 g/mol. The van der Waals surface area contributed by atoms with Crippen LogP contribution in [0.1, 0.15) is 26.2 Å². The van der Waals surface area contributed by atoms with E-state index in [4.69, 9.17) is 10.5 Å². The Morgan fingerprint density at radius 2 is 1.95 bits per heavy atom. The Labute approximate surface area is 115 Å². The van der Waals surface area contributed by atoms with Gasteiger partial charge in [0.25, 0.3) is 0 Å². The van der Waals surface area contributed by atoms with Crippen LogP contribution in [0.4, 0.5) is 0 Å². The Balaban J connectivity index is 4.54. The Morgan fingerprint density at radius 1 is 1.32 bits per heavy atom. The summed E-state index contributed by atoms with van der Waals surface area (Å²) in [4.78, 5) is 26.8. The van der Waals surface area contributed by atoms with E-state index >= 15 is 0 Å². The smallest absolute Gasteiger partial charge is 0.241 e. The molecule has 0 rings (SSSR count). The molecule has 6 heteroatoms. The lowest BCUT2D eigenvalue weighted by atomic mass is 10.1. The summed E-state index contributed by atoms with van der Waals surface area (Å²) >= 11 is 0. The highest BCUT2D eigenvalue weighted by Crippen LogP contribution is 2.03. The van der Waals surface area contributed by atoms with Crippen molar-refractivity contribution in [3.63, 3.8) is 0 Å². The zero-order valence-corrected chi connectivity index (χ0v) is 12.5. The summed E-state index contributed by atoms with van der Waals surface area (Å²) in [6, 6.07) is -0.535. The van der Waals surface area contributed by atoms with Crippen LogP contribution in [0.5, 0.6) is 0 Å². The summed E-state index contributed by atoms with van der Waals surface area (Å²) in [5, 5.41) is 0. The van der Waals surface area contributed by atoms with Crippen LogP contribution in [0.25, 0.3) is 0 Å². The Morgan fingerprint density at radius 3 is 2.42 bits per heavy atom. The molecule has 2 amide bonds. The summed E-state index contributed by atoms with van der Waals surface area (Å²) in [5.74, 6) is -0.298. The topological polar surface area (TPSA) is 75.9 Å². The fraction of sp³-hybridized carbons (Fsp3) is 0.846. The van der Waals surface area contributed by atoms with Crippen molar-refractivity contribution in [1.82, 2.24) is 9.80 Å². The zero-order chi connectivity index (χ0) is 14.8. The van der Waals surface area contributed by atoms with E-state index in [-0.39, 0.29) is 18.4 Å². The molecule has 0 saturated carbocycles. The van der Waals surface area contributed by atoms with Gasteiger partial charge < -0.3 is 20.3 Å². The van der Waals surface area contributed by atoms with Crippen molar-refractivity contribution in [2.45, 2.75) is 32.2 Å². The summed E-state index contributed by atoms with van der Waals surface area (Å²) in [6.45, 7) is 2.88. The third-order valence-electron chi connectivity index (χ3n) is 2.89. The maximum absolute atomic E-state index is 12.2. The van der Waals surface area contributed by atoms with Crippen LogP contribution in [-0.4, -0.2) is 68.6 Å². The van der Waals surface area contributed by atoms with Crippen molar-refractivity contribution in [2.75, 3.05) is 40.9 Å². The highest BCUT2D eigenvalue weighted by atomic mass is 16.5. The van der Waals surface area contributed by atoms with Gasteiger partial charge in [0.1, 0.15) is 0 Å². The minimum absolute atomic E-state index is 0.0506. The summed E-state index contributed by atoms with van der Waals surface area (Å²) in [6.07, 6.45) is 2.55. The molecule has 112 valence electrons. The van der Waals surface area contributed by atoms with Crippen LogP contribution >= 0.6 is 0 Å². The number of unbranched alkanes of at least 4 members (excludes halogenated alkanes) is 1. The predicted molar refractivity (Wildman–Crippen MR) is 74.7 cm³/mol. The first-order chi connectivity index (χ1) is 8.93. The molecule has 2 N–H and O–H groups in total. The minimum atomic E-state index is -0.535. The lowest BCUT2D eigenvalue weighted by Gasteiger charge is -2.26. The quantitative estimate of drug-likeness (QED) is 0.645. The first-order valence-corrected chi connectivity index (χ1v) is 6.67. The molecule has 0 aromatic carbocycles. The molecule has 0 spiro atoms. The maximum atomic E-state index is 12.2. The highest BCUT2D eigenvalue weighted by Gasteiger charge is 2.23. The van der Waals surface area contributed by atoms with Crippen LogP contribution in [0.2, 0.25) is 0 Å². The number of methoxy groups -OCH3 is 1. The number of likely N-dealkylation sites (N-methyl/N-ethyl adjacent to an activating group) is 1. The molecule has 0 aromatic heterocycles. The van der Waals surface area contributed by atoms with Gasteiger partial charge in [0, 0.05) is 27.7 Å². The molecule has 1 unspecified atom stereocenters. The molecule has 0 aliphatic carbocycles. The Hall–Kier alpha value is -1.14. The van der Waals surface area contributed by atoms with Crippen molar-refractivity contribution in [2.24, 2.45) is 5.73 Å². The highest BCUT2D eigenvalue weighted by molar-refractivity contribution is 5.87. The Kier molecular flexibility index (Phi) is 9.16. The van der Waals surface area contributed by atoms with E-state index in [1.54, 1.807) is 21.2 Å². The molecule has 0 aliphatic heterocycles. The number of carbonyl (C=O) groups is 2. The molecule has 0 aromatic rings. The molecule has 0 aliphatic rings. The Bertz CT molecular complexity index is 282. The normalized spacial score (nSPS) is 12.1. The number of carbonyl (C=O) groups excluding carboxylic acids is 2. The number of ether oxygens (including phenoxy) is 1. The number of rotatable bonds is 9. The van der Waals surface area contributed by atoms with Crippen molar-refractivity contribution in [1.29, 1.82) is 0 Å². The van der Waals surface area contributed by atoms with Gasteiger partial charge in [0.2, 0.25) is 11.8 Å². The van der Waals surface area contributed by atoms with Crippen LogP contribution in [0.15, 0.2) is 0 Å². The van der Waals surface area contributed by atoms with Gasteiger partial charge in [-0.3, -0.25) is 9.59 Å². The number of nitrogens with zero attached hydrogens (tertiary/aromatic N) is 2. The molecule has 0 radical (unpaired) electrons. The lowest BCUT2D eigenvalue weighted by Crippen LogP contribution is -2.48. The second kappa shape index (κ2) is 9.75. The number of hydrogen-bond acceptors (Lipinski definition) is 4. The van der Waals surface area contributed by atoms with Gasteiger partial charge in [-0.2, -0.15) is 0 Å². The largest absolute Gasteiger partial charge is 0.383 e. The van der Waals surface area contributed by atoms with Gasteiger partial charge in [0.15, 0.2) is 0 Å². The number of amides is 2. The van der Waals surface area contributed by atoms with Gasteiger partial charge >= 0.3 is 0 Å². The van der Waals surface area contributed by atoms with E-state index in [9.17, 15) is 9.59 Å². The van der Waals surface area contributed by atoms with Crippen molar-refractivity contribution in [3.8, 4) is 0 Å². The predicted octanol–water partition coefficient (Wildman–Crippen LogP) is 0.0671. The van der Waals surface area contributed by atoms with E-state index in [0.29, 0.717) is 19.6 Å². The van der Waals surface area contributed by atoms with E-state index in [1.807, 2.05) is 0 Å². The van der Waals surface area contributed by atoms with Gasteiger partial charge in [-0.1, -0.05) is 19.8 Å². The summed E-state index contributed by atoms with van der Waals surface area (Å²) in [7, 11) is 4.89. The van der Waals surface area contributed by atoms with E-state index < -0.39 is 6.04 Å². The fourth-order valence-electron chi connectivity index (χ4n) is 1.56. The van der Waals surface area contributed by atoms with E-state index in [1.165, 1.54) is 9.80 Å². The molecule has 0 saturated heterocycles. The zero-order valence-electron chi connectivity index (χ0n) is 12.5. The summed E-state index contributed by atoms with van der Waals surface area (Å²) < 4.78 is 4.97. The average Bonchev–Trinajstić information content (AvgIpc) is 2.39. The van der Waals surface area contributed by atoms with Crippen molar-refractivity contribution < 1.29 is 14.3 Å². The van der Waals surface area contributed by atoms with E-state index in [2.05, 4.69) is 6.92 Å². The second-order valence-electron chi connectivity index (χ2n) is 4.79. The monoisotopic (exact) mass is 273 g/mol. The minimum Gasteiger partial charge on any atom is -0.383 e. The van der Waals surface area contributed by atoms with Gasteiger partial charge in [0.05, 0.1) is 19.2 Å². The van der Waals surface area contributed by atoms with Crippen molar-refractivity contribution in [3.05, 3.63) is 0 Å². The number of hydrogen-bond donors (Lipinski definition) is 1. The van der Waals surface area contributed by atoms with Crippen LogP contribution in [-0.2, 0) is 14.3 Å². The first kappa shape index (κ1) is 17.9. The second-order valence-corrected chi connectivity index (χ2v) is 4.79. The fourth-order valence-corrected chi connectivity index (χ4v) is 1.56. The lowest BCUT2D eigenvalue weighted by molar-refractivity contribution is -0.140. The molecular formula is C13H27N3O3. The van der Waals surface area contributed by atoms with E-state index in [0.717, 1.165) is 12.8 Å². The molecule has 1 atom stereocenters. The van der Waals surface area contributed by atoms with Crippen molar-refractivity contribution >= 4 is 11.8 Å². The molecule has 0 fully saturated rings. The van der Waals surface area contributed by atoms with Crippen LogP contribution in [0, 0.1) is 0 Å². The van der Waals surface area contributed by atoms with Gasteiger partial charge in [-0.05, 0) is 6.42 Å².